The topological polar surface area (TPSA) is 49.3 Å². The van der Waals surface area contributed by atoms with Crippen molar-refractivity contribution in [1.82, 2.24) is 5.32 Å². The molecule has 3 nitrogen and oxygen atoms in total. The lowest BCUT2D eigenvalue weighted by Gasteiger charge is -2.23. The van der Waals surface area contributed by atoms with E-state index in [2.05, 4.69) is 33.0 Å². The van der Waals surface area contributed by atoms with Crippen LogP contribution in [0.5, 0.6) is 0 Å². The van der Waals surface area contributed by atoms with Gasteiger partial charge in [-0.1, -0.05) is 27.7 Å². The number of carbonyl (C=O) groups is 1. The molecule has 4 heteroatoms. The molecule has 0 aliphatic heterocycles. The second-order valence-corrected chi connectivity index (χ2v) is 7.66. The average molecular weight is 281 g/mol. The summed E-state index contributed by atoms with van der Waals surface area (Å²) >= 11 is 1.55. The third-order valence-corrected chi connectivity index (χ3v) is 5.72. The molecular weight excluding hydrogens is 258 g/mol. The summed E-state index contributed by atoms with van der Waals surface area (Å²) in [6, 6.07) is 1.89. The van der Waals surface area contributed by atoms with E-state index in [1.54, 1.807) is 18.3 Å². The Labute approximate surface area is 119 Å². The van der Waals surface area contributed by atoms with Crippen LogP contribution in [0.3, 0.4) is 0 Å². The molecule has 0 saturated heterocycles. The molecule has 1 unspecified atom stereocenters. The molecule has 1 fully saturated rings. The normalized spacial score (nSPS) is 23.7. The number of aliphatic hydroxyl groups is 1. The van der Waals surface area contributed by atoms with E-state index in [9.17, 15) is 9.90 Å². The van der Waals surface area contributed by atoms with Gasteiger partial charge in [0.2, 0.25) is 5.91 Å². The fraction of sp³-hybridized carbons (Fsp3) is 0.667. The molecule has 1 saturated carbocycles. The maximum atomic E-state index is 12.2. The molecule has 1 aliphatic carbocycles. The SMILES string of the molecule is CC(O)(CNC(=O)C1C(C)(C)C1(C)C)c1ccsc1. The zero-order chi connectivity index (χ0) is 14.5. The number of carbonyl (C=O) groups excluding carboxylic acids is 1. The van der Waals surface area contributed by atoms with Gasteiger partial charge in [0.15, 0.2) is 0 Å². The van der Waals surface area contributed by atoms with Crippen molar-refractivity contribution in [2.75, 3.05) is 6.54 Å². The van der Waals surface area contributed by atoms with E-state index in [0.29, 0.717) is 0 Å². The lowest BCUT2D eigenvalue weighted by molar-refractivity contribution is -0.124. The van der Waals surface area contributed by atoms with Crippen LogP contribution in [-0.4, -0.2) is 17.6 Å². The summed E-state index contributed by atoms with van der Waals surface area (Å²) in [5.41, 5.74) is -0.0812. The molecule has 0 radical (unpaired) electrons. The molecule has 2 rings (SSSR count). The predicted molar refractivity (Wildman–Crippen MR) is 78.0 cm³/mol. The fourth-order valence-electron chi connectivity index (χ4n) is 2.89. The number of thiophene rings is 1. The number of nitrogens with one attached hydrogen (secondary N) is 1. The highest BCUT2D eigenvalue weighted by molar-refractivity contribution is 7.08. The lowest BCUT2D eigenvalue weighted by atomic mass is 9.99. The van der Waals surface area contributed by atoms with Gasteiger partial charge in [0.1, 0.15) is 5.60 Å². The van der Waals surface area contributed by atoms with E-state index < -0.39 is 5.60 Å². The first-order valence-corrected chi connectivity index (χ1v) is 7.58. The van der Waals surface area contributed by atoms with Gasteiger partial charge < -0.3 is 10.4 Å². The predicted octanol–water partition coefficient (Wildman–Crippen LogP) is 2.75. The highest BCUT2D eigenvalue weighted by Gasteiger charge is 2.68. The molecule has 0 aromatic carbocycles. The Bertz CT molecular complexity index is 460. The minimum Gasteiger partial charge on any atom is -0.384 e. The quantitative estimate of drug-likeness (QED) is 0.891. The fourth-order valence-corrected chi connectivity index (χ4v) is 3.67. The Balaban J connectivity index is 1.96. The van der Waals surface area contributed by atoms with Crippen molar-refractivity contribution in [3.63, 3.8) is 0 Å². The van der Waals surface area contributed by atoms with Crippen molar-refractivity contribution in [3.05, 3.63) is 22.4 Å². The second-order valence-electron chi connectivity index (χ2n) is 6.88. The molecule has 1 aromatic heterocycles. The summed E-state index contributed by atoms with van der Waals surface area (Å²) in [5.74, 6) is 0.0729. The largest absolute Gasteiger partial charge is 0.384 e. The molecule has 1 aromatic rings. The van der Waals surface area contributed by atoms with Gasteiger partial charge in [0.05, 0.1) is 6.54 Å². The Kier molecular flexibility index (Phi) is 3.30. The van der Waals surface area contributed by atoms with Crippen LogP contribution in [0.4, 0.5) is 0 Å². The summed E-state index contributed by atoms with van der Waals surface area (Å²) < 4.78 is 0. The van der Waals surface area contributed by atoms with Gasteiger partial charge in [-0.25, -0.2) is 0 Å². The third-order valence-electron chi connectivity index (χ3n) is 5.03. The smallest absolute Gasteiger partial charge is 0.224 e. The molecule has 1 atom stereocenters. The summed E-state index contributed by atoms with van der Waals surface area (Å²) in [6.07, 6.45) is 0. The van der Waals surface area contributed by atoms with Crippen molar-refractivity contribution in [3.8, 4) is 0 Å². The van der Waals surface area contributed by atoms with Gasteiger partial charge in [0.25, 0.3) is 0 Å². The number of rotatable bonds is 4. The molecule has 2 N–H and O–H groups in total. The van der Waals surface area contributed by atoms with Crippen LogP contribution < -0.4 is 5.32 Å². The monoisotopic (exact) mass is 281 g/mol. The molecule has 1 heterocycles. The summed E-state index contributed by atoms with van der Waals surface area (Å²) in [5, 5.41) is 17.1. The van der Waals surface area contributed by atoms with Gasteiger partial charge in [-0.05, 0) is 40.1 Å². The maximum absolute atomic E-state index is 12.2. The van der Waals surface area contributed by atoms with Crippen molar-refractivity contribution < 1.29 is 9.90 Å². The Morgan fingerprint density at radius 1 is 1.42 bits per heavy atom. The lowest BCUT2D eigenvalue weighted by Crippen LogP contribution is -2.39. The van der Waals surface area contributed by atoms with Gasteiger partial charge >= 0.3 is 0 Å². The number of hydrogen-bond donors (Lipinski definition) is 2. The van der Waals surface area contributed by atoms with Crippen LogP contribution in [-0.2, 0) is 10.4 Å². The van der Waals surface area contributed by atoms with E-state index in [0.717, 1.165) is 5.56 Å². The van der Waals surface area contributed by atoms with E-state index >= 15 is 0 Å². The van der Waals surface area contributed by atoms with Crippen LogP contribution in [0.25, 0.3) is 0 Å². The molecule has 0 bridgehead atoms. The van der Waals surface area contributed by atoms with Crippen LogP contribution in [0.1, 0.15) is 40.2 Å². The van der Waals surface area contributed by atoms with Crippen LogP contribution in [0.15, 0.2) is 16.8 Å². The van der Waals surface area contributed by atoms with Crippen molar-refractivity contribution in [2.24, 2.45) is 16.7 Å². The van der Waals surface area contributed by atoms with Gasteiger partial charge in [0, 0.05) is 5.92 Å². The number of amides is 1. The van der Waals surface area contributed by atoms with Gasteiger partial charge in [-0.15, -0.1) is 0 Å². The van der Waals surface area contributed by atoms with E-state index in [1.165, 1.54) is 0 Å². The first-order valence-electron chi connectivity index (χ1n) is 6.63. The summed E-state index contributed by atoms with van der Waals surface area (Å²) in [7, 11) is 0. The average Bonchev–Trinajstić information content (AvgIpc) is 2.73. The molecule has 19 heavy (non-hydrogen) atoms. The number of hydrogen-bond acceptors (Lipinski definition) is 3. The minimum absolute atomic E-state index is 0.0262. The summed E-state index contributed by atoms with van der Waals surface area (Å²) in [6.45, 7) is 10.5. The first kappa shape index (κ1) is 14.5. The highest BCUT2D eigenvalue weighted by atomic mass is 32.1. The molecule has 1 aliphatic rings. The van der Waals surface area contributed by atoms with Crippen LogP contribution in [0.2, 0.25) is 0 Å². The Morgan fingerprint density at radius 2 is 2.00 bits per heavy atom. The van der Waals surface area contributed by atoms with E-state index in [1.807, 2.05) is 16.8 Å². The van der Waals surface area contributed by atoms with Gasteiger partial charge in [-0.2, -0.15) is 11.3 Å². The standard InChI is InChI=1S/C15H23NO2S/c1-13(2)11(14(13,3)4)12(17)16-9-15(5,18)10-6-7-19-8-10/h6-8,11,18H,9H2,1-5H3,(H,16,17). The molecular formula is C15H23NO2S. The Hall–Kier alpha value is -0.870. The van der Waals surface area contributed by atoms with E-state index in [4.69, 9.17) is 0 Å². The van der Waals surface area contributed by atoms with Gasteiger partial charge in [-0.3, -0.25) is 4.79 Å². The Morgan fingerprint density at radius 3 is 2.42 bits per heavy atom. The zero-order valence-electron chi connectivity index (χ0n) is 12.3. The highest BCUT2D eigenvalue weighted by Crippen LogP contribution is 2.68. The van der Waals surface area contributed by atoms with Crippen LogP contribution >= 0.6 is 11.3 Å². The van der Waals surface area contributed by atoms with Crippen molar-refractivity contribution in [2.45, 2.75) is 40.2 Å². The third kappa shape index (κ3) is 2.32. The van der Waals surface area contributed by atoms with Crippen molar-refractivity contribution >= 4 is 17.2 Å². The summed E-state index contributed by atoms with van der Waals surface area (Å²) in [4.78, 5) is 12.2. The zero-order valence-corrected chi connectivity index (χ0v) is 13.1. The molecule has 106 valence electrons. The van der Waals surface area contributed by atoms with Crippen LogP contribution in [0, 0.1) is 16.7 Å². The second kappa shape index (κ2) is 4.32. The maximum Gasteiger partial charge on any atom is 0.224 e. The first-order chi connectivity index (χ1) is 8.61. The molecule has 1 amide bonds. The molecule has 0 spiro atoms. The van der Waals surface area contributed by atoms with E-state index in [-0.39, 0.29) is 29.2 Å². The minimum atomic E-state index is -1.00. The van der Waals surface area contributed by atoms with Crippen molar-refractivity contribution in [1.29, 1.82) is 0 Å².